The average Bonchev–Trinajstić information content (AvgIpc) is 3.05. The maximum Gasteiger partial charge on any atom is 0.260 e. The number of likely N-dealkylation sites (N-methyl/N-ethyl adjacent to an activating group) is 1. The van der Waals surface area contributed by atoms with E-state index in [4.69, 9.17) is 16.3 Å². The first-order valence-electron chi connectivity index (χ1n) is 7.96. The average molecular weight is 375 g/mol. The number of aromatic nitrogens is 1. The molecule has 0 saturated carbocycles. The minimum Gasteiger partial charge on any atom is -0.482 e. The number of aryl methyl sites for hydroxylation is 1. The molecular weight excluding hydrogens is 356 g/mol. The molecule has 0 aliphatic carbocycles. The maximum absolute atomic E-state index is 12.5. The standard InChI is InChI=1S/C19H19ClN2O2S/c1-12-8-9-14(20)16(10-12)24-11-18(23)22(3)13(2)19-21-15-6-4-5-7-17(15)25-19/h4-10,13H,11H2,1-3H3/t13-/m1/s1. The fourth-order valence-electron chi connectivity index (χ4n) is 2.41. The number of thiazole rings is 1. The van der Waals surface area contributed by atoms with Crippen LogP contribution in [0.4, 0.5) is 0 Å². The summed E-state index contributed by atoms with van der Waals surface area (Å²) in [5.74, 6) is 0.403. The second-order valence-electron chi connectivity index (χ2n) is 5.92. The smallest absolute Gasteiger partial charge is 0.260 e. The Morgan fingerprint density at radius 1 is 1.32 bits per heavy atom. The summed E-state index contributed by atoms with van der Waals surface area (Å²) < 4.78 is 6.72. The minimum atomic E-state index is -0.124. The van der Waals surface area contributed by atoms with Gasteiger partial charge in [0, 0.05) is 7.05 Å². The van der Waals surface area contributed by atoms with Crippen LogP contribution >= 0.6 is 22.9 Å². The molecule has 0 fully saturated rings. The van der Waals surface area contributed by atoms with Crippen molar-refractivity contribution in [2.75, 3.05) is 13.7 Å². The van der Waals surface area contributed by atoms with E-state index in [9.17, 15) is 4.79 Å². The minimum absolute atomic E-state index is 0.0606. The van der Waals surface area contributed by atoms with Gasteiger partial charge in [-0.1, -0.05) is 29.8 Å². The van der Waals surface area contributed by atoms with Gasteiger partial charge in [-0.25, -0.2) is 4.98 Å². The molecule has 1 amide bonds. The highest BCUT2D eigenvalue weighted by Gasteiger charge is 2.21. The Balaban J connectivity index is 1.67. The first-order valence-corrected chi connectivity index (χ1v) is 9.15. The molecule has 0 N–H and O–H groups in total. The van der Waals surface area contributed by atoms with Crippen molar-refractivity contribution in [3.63, 3.8) is 0 Å². The number of benzene rings is 2. The van der Waals surface area contributed by atoms with Gasteiger partial charge in [-0.15, -0.1) is 11.3 Å². The summed E-state index contributed by atoms with van der Waals surface area (Å²) >= 11 is 7.71. The lowest BCUT2D eigenvalue weighted by atomic mass is 10.2. The molecular formula is C19H19ClN2O2S. The maximum atomic E-state index is 12.5. The third kappa shape index (κ3) is 3.94. The van der Waals surface area contributed by atoms with E-state index in [-0.39, 0.29) is 18.6 Å². The number of hydrogen-bond acceptors (Lipinski definition) is 4. The number of carbonyl (C=O) groups is 1. The van der Waals surface area contributed by atoms with Gasteiger partial charge in [-0.2, -0.15) is 0 Å². The van der Waals surface area contributed by atoms with Gasteiger partial charge in [-0.3, -0.25) is 4.79 Å². The summed E-state index contributed by atoms with van der Waals surface area (Å²) in [6.45, 7) is 3.86. The van der Waals surface area contributed by atoms with Crippen molar-refractivity contribution in [2.45, 2.75) is 19.9 Å². The highest BCUT2D eigenvalue weighted by Crippen LogP contribution is 2.29. The van der Waals surface area contributed by atoms with E-state index in [1.165, 1.54) is 0 Å². The summed E-state index contributed by atoms with van der Waals surface area (Å²) in [5, 5.41) is 1.41. The molecule has 0 aliphatic heterocycles. The summed E-state index contributed by atoms with van der Waals surface area (Å²) in [7, 11) is 1.76. The van der Waals surface area contributed by atoms with Crippen LogP contribution in [0.3, 0.4) is 0 Å². The molecule has 3 aromatic rings. The van der Waals surface area contributed by atoms with Gasteiger partial charge >= 0.3 is 0 Å². The highest BCUT2D eigenvalue weighted by atomic mass is 35.5. The Morgan fingerprint density at radius 3 is 2.84 bits per heavy atom. The third-order valence-corrected chi connectivity index (χ3v) is 5.60. The molecule has 0 aliphatic rings. The molecule has 2 aromatic carbocycles. The zero-order chi connectivity index (χ0) is 18.0. The molecule has 3 rings (SSSR count). The Hall–Kier alpha value is -2.11. The molecule has 0 bridgehead atoms. The van der Waals surface area contributed by atoms with Gasteiger partial charge in [0.25, 0.3) is 5.91 Å². The van der Waals surface area contributed by atoms with Crippen LogP contribution in [0.25, 0.3) is 10.2 Å². The van der Waals surface area contributed by atoms with Crippen LogP contribution in [-0.2, 0) is 4.79 Å². The molecule has 1 aromatic heterocycles. The van der Waals surface area contributed by atoms with Gasteiger partial charge in [0.15, 0.2) is 6.61 Å². The SMILES string of the molecule is Cc1ccc(Cl)c(OCC(=O)N(C)[C@H](C)c2nc3ccccc3s2)c1. The van der Waals surface area contributed by atoms with E-state index in [1.807, 2.05) is 50.2 Å². The number of carbonyl (C=O) groups excluding carboxylic acids is 1. The van der Waals surface area contributed by atoms with Gasteiger partial charge in [0.2, 0.25) is 0 Å². The second-order valence-corrected chi connectivity index (χ2v) is 7.39. The largest absolute Gasteiger partial charge is 0.482 e. The number of amides is 1. The fraction of sp³-hybridized carbons (Fsp3) is 0.263. The van der Waals surface area contributed by atoms with Crippen molar-refractivity contribution in [1.29, 1.82) is 0 Å². The molecule has 1 atom stereocenters. The van der Waals surface area contributed by atoms with E-state index < -0.39 is 0 Å². The number of hydrogen-bond donors (Lipinski definition) is 0. The molecule has 0 spiro atoms. The summed E-state index contributed by atoms with van der Waals surface area (Å²) in [4.78, 5) is 18.8. The predicted octanol–water partition coefficient (Wildman–Crippen LogP) is 4.86. The van der Waals surface area contributed by atoms with Gasteiger partial charge < -0.3 is 9.64 Å². The molecule has 25 heavy (non-hydrogen) atoms. The van der Waals surface area contributed by atoms with Gasteiger partial charge in [0.1, 0.15) is 10.8 Å². The lowest BCUT2D eigenvalue weighted by Crippen LogP contribution is -2.33. The molecule has 0 saturated heterocycles. The van der Waals surface area contributed by atoms with E-state index in [0.717, 1.165) is 20.8 Å². The summed E-state index contributed by atoms with van der Waals surface area (Å²) in [6.07, 6.45) is 0. The summed E-state index contributed by atoms with van der Waals surface area (Å²) in [6, 6.07) is 13.3. The monoisotopic (exact) mass is 374 g/mol. The van der Waals surface area contributed by atoms with Crippen LogP contribution in [0.5, 0.6) is 5.75 Å². The van der Waals surface area contributed by atoms with Crippen molar-refractivity contribution in [1.82, 2.24) is 9.88 Å². The summed E-state index contributed by atoms with van der Waals surface area (Å²) in [5.41, 5.74) is 1.99. The lowest BCUT2D eigenvalue weighted by molar-refractivity contribution is -0.134. The fourth-order valence-corrected chi connectivity index (χ4v) is 3.65. The van der Waals surface area contributed by atoms with E-state index in [1.54, 1.807) is 29.4 Å². The Labute approximate surface area is 156 Å². The molecule has 0 unspecified atom stereocenters. The quantitative estimate of drug-likeness (QED) is 0.640. The molecule has 1 heterocycles. The van der Waals surface area contributed by atoms with Crippen molar-refractivity contribution in [2.24, 2.45) is 0 Å². The van der Waals surface area contributed by atoms with Crippen molar-refractivity contribution in [3.05, 3.63) is 58.1 Å². The van der Waals surface area contributed by atoms with E-state index >= 15 is 0 Å². The van der Waals surface area contributed by atoms with Crippen molar-refractivity contribution in [3.8, 4) is 5.75 Å². The zero-order valence-corrected chi connectivity index (χ0v) is 15.9. The predicted molar refractivity (Wildman–Crippen MR) is 102 cm³/mol. The van der Waals surface area contributed by atoms with Crippen molar-refractivity contribution >= 4 is 39.1 Å². The first kappa shape index (κ1) is 17.7. The van der Waals surface area contributed by atoms with Crippen molar-refractivity contribution < 1.29 is 9.53 Å². The van der Waals surface area contributed by atoms with Crippen LogP contribution in [0.15, 0.2) is 42.5 Å². The number of fused-ring (bicyclic) bond motifs is 1. The van der Waals surface area contributed by atoms with E-state index in [0.29, 0.717) is 10.8 Å². The van der Waals surface area contributed by atoms with E-state index in [2.05, 4.69) is 4.98 Å². The number of rotatable bonds is 5. The van der Waals surface area contributed by atoms with Crippen LogP contribution in [0, 0.1) is 6.92 Å². The topological polar surface area (TPSA) is 42.4 Å². The zero-order valence-electron chi connectivity index (χ0n) is 14.3. The number of ether oxygens (including phenoxy) is 1. The Morgan fingerprint density at radius 2 is 2.08 bits per heavy atom. The van der Waals surface area contributed by atoms with Crippen LogP contribution in [0.1, 0.15) is 23.5 Å². The number of para-hydroxylation sites is 1. The third-order valence-electron chi connectivity index (χ3n) is 4.08. The first-order chi connectivity index (χ1) is 12.0. The molecule has 6 heteroatoms. The molecule has 4 nitrogen and oxygen atoms in total. The van der Waals surface area contributed by atoms with Crippen LogP contribution in [-0.4, -0.2) is 29.4 Å². The Bertz CT molecular complexity index is 876. The Kier molecular flexibility index (Phi) is 5.25. The second kappa shape index (κ2) is 7.42. The van der Waals surface area contributed by atoms with Gasteiger partial charge in [0.05, 0.1) is 21.3 Å². The van der Waals surface area contributed by atoms with Crippen LogP contribution < -0.4 is 4.74 Å². The van der Waals surface area contributed by atoms with Gasteiger partial charge in [-0.05, 0) is 43.7 Å². The normalized spacial score (nSPS) is 12.2. The molecule has 130 valence electrons. The number of nitrogens with zero attached hydrogens (tertiary/aromatic N) is 2. The molecule has 0 radical (unpaired) electrons. The highest BCUT2D eigenvalue weighted by molar-refractivity contribution is 7.18. The lowest BCUT2D eigenvalue weighted by Gasteiger charge is -2.23. The number of halogens is 1. The van der Waals surface area contributed by atoms with Crippen LogP contribution in [0.2, 0.25) is 5.02 Å².